The summed E-state index contributed by atoms with van der Waals surface area (Å²) in [5, 5.41) is 0. The van der Waals surface area contributed by atoms with Crippen molar-refractivity contribution in [3.05, 3.63) is 29.8 Å². The Labute approximate surface area is 79.5 Å². The molecular weight excluding hydrogens is 162 g/mol. The first-order chi connectivity index (χ1) is 6.24. The van der Waals surface area contributed by atoms with Crippen molar-refractivity contribution in [2.75, 3.05) is 26.1 Å². The fourth-order valence-electron chi connectivity index (χ4n) is 1.22. The Morgan fingerprint density at radius 3 is 2.62 bits per heavy atom. The van der Waals surface area contributed by atoms with E-state index in [4.69, 9.17) is 5.84 Å². The van der Waals surface area contributed by atoms with E-state index < -0.39 is 0 Å². The maximum absolute atomic E-state index is 5.39. The number of hydrogen-bond donors (Lipinski definition) is 2. The van der Waals surface area contributed by atoms with Crippen LogP contribution < -0.4 is 11.3 Å². The molecular formula is C10H17N3. The summed E-state index contributed by atoms with van der Waals surface area (Å²) in [5.41, 5.74) is 4.98. The molecule has 0 atom stereocenters. The molecule has 0 saturated carbocycles. The lowest BCUT2D eigenvalue weighted by Gasteiger charge is -2.12. The molecule has 3 N–H and O–H groups in total. The highest BCUT2D eigenvalue weighted by Crippen LogP contribution is 2.13. The van der Waals surface area contributed by atoms with Gasteiger partial charge in [0, 0.05) is 6.54 Å². The van der Waals surface area contributed by atoms with Crippen molar-refractivity contribution < 1.29 is 0 Å². The summed E-state index contributed by atoms with van der Waals surface area (Å²) < 4.78 is 0. The molecule has 72 valence electrons. The third kappa shape index (κ3) is 3.05. The molecule has 0 bridgehead atoms. The molecule has 0 aliphatic rings. The Hall–Kier alpha value is -1.06. The van der Waals surface area contributed by atoms with Crippen LogP contribution >= 0.6 is 0 Å². The Balaban J connectivity index is 2.64. The highest BCUT2D eigenvalue weighted by Gasteiger charge is 1.99. The van der Waals surface area contributed by atoms with Gasteiger partial charge in [-0.25, -0.2) is 0 Å². The van der Waals surface area contributed by atoms with Crippen LogP contribution in [-0.4, -0.2) is 25.5 Å². The molecule has 0 amide bonds. The van der Waals surface area contributed by atoms with Gasteiger partial charge >= 0.3 is 0 Å². The van der Waals surface area contributed by atoms with Gasteiger partial charge in [-0.05, 0) is 32.1 Å². The molecule has 0 spiro atoms. The van der Waals surface area contributed by atoms with Crippen LogP contribution in [0, 0.1) is 0 Å². The number of rotatable bonds is 4. The van der Waals surface area contributed by atoms with E-state index in [1.165, 1.54) is 5.56 Å². The third-order valence-corrected chi connectivity index (χ3v) is 2.00. The van der Waals surface area contributed by atoms with Crippen molar-refractivity contribution in [3.63, 3.8) is 0 Å². The maximum Gasteiger partial charge on any atom is 0.0517 e. The minimum atomic E-state index is 1.02. The Morgan fingerprint density at radius 1 is 1.31 bits per heavy atom. The normalized spacial score (nSPS) is 10.5. The summed E-state index contributed by atoms with van der Waals surface area (Å²) in [4.78, 5) is 2.16. The van der Waals surface area contributed by atoms with Crippen molar-refractivity contribution in [2.45, 2.75) is 6.42 Å². The molecule has 3 heteroatoms. The Bertz CT molecular complexity index is 258. The minimum Gasteiger partial charge on any atom is -0.324 e. The van der Waals surface area contributed by atoms with Gasteiger partial charge in [-0.3, -0.25) is 5.84 Å². The molecule has 0 aliphatic carbocycles. The van der Waals surface area contributed by atoms with E-state index >= 15 is 0 Å². The number of hydrazine groups is 1. The predicted octanol–water partition coefficient (Wildman–Crippen LogP) is 1.08. The standard InChI is InChI=1S/C10H17N3/c1-13(2)8-7-9-5-3-4-6-10(9)12-11/h3-6,12H,7-8,11H2,1-2H3. The van der Waals surface area contributed by atoms with Crippen molar-refractivity contribution in [1.82, 2.24) is 4.90 Å². The number of anilines is 1. The van der Waals surface area contributed by atoms with Gasteiger partial charge in [0.25, 0.3) is 0 Å². The van der Waals surface area contributed by atoms with Crippen LogP contribution in [0.3, 0.4) is 0 Å². The first kappa shape index (κ1) is 10.0. The van der Waals surface area contributed by atoms with E-state index in [1.807, 2.05) is 18.2 Å². The zero-order valence-electron chi connectivity index (χ0n) is 8.25. The number of benzene rings is 1. The second-order valence-electron chi connectivity index (χ2n) is 3.35. The molecule has 0 radical (unpaired) electrons. The van der Waals surface area contributed by atoms with Crippen LogP contribution in [0.5, 0.6) is 0 Å². The molecule has 1 aromatic carbocycles. The van der Waals surface area contributed by atoms with E-state index in [1.54, 1.807) is 0 Å². The molecule has 3 nitrogen and oxygen atoms in total. The largest absolute Gasteiger partial charge is 0.324 e. The second-order valence-corrected chi connectivity index (χ2v) is 3.35. The van der Waals surface area contributed by atoms with E-state index in [0.29, 0.717) is 0 Å². The topological polar surface area (TPSA) is 41.3 Å². The molecule has 0 heterocycles. The number of likely N-dealkylation sites (N-methyl/N-ethyl adjacent to an activating group) is 1. The number of para-hydroxylation sites is 1. The molecule has 0 saturated heterocycles. The summed E-state index contributed by atoms with van der Waals surface area (Å²) in [6.07, 6.45) is 1.02. The van der Waals surface area contributed by atoms with Crippen LogP contribution in [0.25, 0.3) is 0 Å². The monoisotopic (exact) mass is 179 g/mol. The second kappa shape index (κ2) is 4.84. The van der Waals surface area contributed by atoms with E-state index in [9.17, 15) is 0 Å². The Kier molecular flexibility index (Phi) is 3.73. The van der Waals surface area contributed by atoms with Crippen molar-refractivity contribution in [2.24, 2.45) is 5.84 Å². The quantitative estimate of drug-likeness (QED) is 0.537. The number of nitrogen functional groups attached to an aromatic ring is 1. The van der Waals surface area contributed by atoms with Crippen LogP contribution in [-0.2, 0) is 6.42 Å². The van der Waals surface area contributed by atoms with Crippen LogP contribution in [0.1, 0.15) is 5.56 Å². The number of nitrogens with one attached hydrogen (secondary N) is 1. The van der Waals surface area contributed by atoms with Crippen LogP contribution in [0.4, 0.5) is 5.69 Å². The lowest BCUT2D eigenvalue weighted by Crippen LogP contribution is -2.16. The molecule has 1 aromatic rings. The van der Waals surface area contributed by atoms with Crippen LogP contribution in [0.2, 0.25) is 0 Å². The van der Waals surface area contributed by atoms with Gasteiger partial charge in [0.05, 0.1) is 5.69 Å². The van der Waals surface area contributed by atoms with Crippen LogP contribution in [0.15, 0.2) is 24.3 Å². The first-order valence-corrected chi connectivity index (χ1v) is 4.43. The number of hydrogen-bond acceptors (Lipinski definition) is 3. The summed E-state index contributed by atoms with van der Waals surface area (Å²) in [6, 6.07) is 8.10. The molecule has 1 rings (SSSR count). The molecule has 13 heavy (non-hydrogen) atoms. The summed E-state index contributed by atoms with van der Waals surface area (Å²) >= 11 is 0. The summed E-state index contributed by atoms with van der Waals surface area (Å²) in [6.45, 7) is 1.04. The zero-order chi connectivity index (χ0) is 9.68. The van der Waals surface area contributed by atoms with Gasteiger partial charge in [-0.2, -0.15) is 0 Å². The smallest absolute Gasteiger partial charge is 0.0517 e. The van der Waals surface area contributed by atoms with Gasteiger partial charge in [0.15, 0.2) is 0 Å². The lowest BCUT2D eigenvalue weighted by atomic mass is 10.1. The molecule has 0 fully saturated rings. The van der Waals surface area contributed by atoms with Crippen molar-refractivity contribution in [3.8, 4) is 0 Å². The summed E-state index contributed by atoms with van der Waals surface area (Å²) in [7, 11) is 4.14. The van der Waals surface area contributed by atoms with Crippen molar-refractivity contribution >= 4 is 5.69 Å². The van der Waals surface area contributed by atoms with Gasteiger partial charge in [0.1, 0.15) is 0 Å². The molecule has 0 aliphatic heterocycles. The van der Waals surface area contributed by atoms with Crippen molar-refractivity contribution in [1.29, 1.82) is 0 Å². The van der Waals surface area contributed by atoms with Gasteiger partial charge in [-0.1, -0.05) is 18.2 Å². The SMILES string of the molecule is CN(C)CCc1ccccc1NN. The van der Waals surface area contributed by atoms with E-state index in [0.717, 1.165) is 18.7 Å². The molecule has 0 unspecified atom stereocenters. The fourth-order valence-corrected chi connectivity index (χ4v) is 1.22. The Morgan fingerprint density at radius 2 is 2.00 bits per heavy atom. The average molecular weight is 179 g/mol. The highest BCUT2D eigenvalue weighted by atomic mass is 15.2. The number of nitrogens with zero attached hydrogens (tertiary/aromatic N) is 1. The van der Waals surface area contributed by atoms with Gasteiger partial charge in [-0.15, -0.1) is 0 Å². The lowest BCUT2D eigenvalue weighted by molar-refractivity contribution is 0.414. The first-order valence-electron chi connectivity index (χ1n) is 4.43. The molecule has 0 aromatic heterocycles. The van der Waals surface area contributed by atoms with E-state index in [2.05, 4.69) is 30.5 Å². The average Bonchev–Trinajstić information content (AvgIpc) is 2.15. The minimum absolute atomic E-state index is 1.02. The zero-order valence-corrected chi connectivity index (χ0v) is 8.25. The predicted molar refractivity (Wildman–Crippen MR) is 56.5 cm³/mol. The van der Waals surface area contributed by atoms with E-state index in [-0.39, 0.29) is 0 Å². The third-order valence-electron chi connectivity index (χ3n) is 2.00. The maximum atomic E-state index is 5.39. The van der Waals surface area contributed by atoms with Gasteiger partial charge < -0.3 is 10.3 Å². The highest BCUT2D eigenvalue weighted by molar-refractivity contribution is 5.50. The summed E-state index contributed by atoms with van der Waals surface area (Å²) in [5.74, 6) is 5.39. The number of nitrogens with two attached hydrogens (primary N) is 1. The fraction of sp³-hybridized carbons (Fsp3) is 0.400. The van der Waals surface area contributed by atoms with Gasteiger partial charge in [0.2, 0.25) is 0 Å².